The molecule has 0 bridgehead atoms. The Balaban J connectivity index is 3.03. The molecular formula is C11H19F3N2O. The molecule has 0 radical (unpaired) electrons. The standard InChI is InChI=1S/C11H19F3N2O/c1-7(2)8-9(11(12,13)14)17-6-16(15-8)10(3,4)5/h7,9H,6H2,1-5H3. The highest BCUT2D eigenvalue weighted by atomic mass is 19.4. The summed E-state index contributed by atoms with van der Waals surface area (Å²) in [5, 5.41) is 5.65. The molecule has 0 saturated heterocycles. The van der Waals surface area contributed by atoms with E-state index in [1.807, 2.05) is 20.8 Å². The Morgan fingerprint density at radius 3 is 2.18 bits per heavy atom. The van der Waals surface area contributed by atoms with Gasteiger partial charge in [0.1, 0.15) is 6.73 Å². The molecule has 0 aromatic heterocycles. The number of hydrogen-bond donors (Lipinski definition) is 0. The lowest BCUT2D eigenvalue weighted by atomic mass is 10.0. The fraction of sp³-hybridized carbons (Fsp3) is 0.909. The van der Waals surface area contributed by atoms with E-state index in [-0.39, 0.29) is 23.9 Å². The summed E-state index contributed by atoms with van der Waals surface area (Å²) in [4.78, 5) is 0. The molecule has 0 spiro atoms. The Hall–Kier alpha value is -0.780. The van der Waals surface area contributed by atoms with Crippen LogP contribution in [0.25, 0.3) is 0 Å². The van der Waals surface area contributed by atoms with Crippen LogP contribution in [0.5, 0.6) is 0 Å². The van der Waals surface area contributed by atoms with Gasteiger partial charge in [0.15, 0.2) is 6.10 Å². The quantitative estimate of drug-likeness (QED) is 0.716. The minimum atomic E-state index is -4.40. The number of alkyl halides is 3. The first-order valence-electron chi connectivity index (χ1n) is 5.58. The van der Waals surface area contributed by atoms with Crippen LogP contribution in [0.2, 0.25) is 0 Å². The Bertz CT molecular complexity index is 305. The van der Waals surface area contributed by atoms with Crippen LogP contribution in [0.15, 0.2) is 5.10 Å². The Morgan fingerprint density at radius 1 is 1.29 bits per heavy atom. The summed E-state index contributed by atoms with van der Waals surface area (Å²) in [6.45, 7) is 8.88. The SMILES string of the molecule is CC(C)C1=NN(C(C)(C)C)COC1C(F)(F)F. The van der Waals surface area contributed by atoms with Gasteiger partial charge >= 0.3 is 6.18 Å². The minimum absolute atomic E-state index is 0.0404. The molecule has 1 aliphatic rings. The number of ether oxygens (including phenoxy) is 1. The largest absolute Gasteiger partial charge is 0.420 e. The van der Waals surface area contributed by atoms with Crippen molar-refractivity contribution in [2.75, 3.05) is 6.73 Å². The normalized spacial score (nSPS) is 23.0. The molecule has 0 N–H and O–H groups in total. The predicted molar refractivity (Wildman–Crippen MR) is 59.7 cm³/mol. The smallest absolute Gasteiger partial charge is 0.341 e. The molecule has 1 rings (SSSR count). The first-order chi connectivity index (χ1) is 7.53. The van der Waals surface area contributed by atoms with Crippen molar-refractivity contribution in [2.24, 2.45) is 11.0 Å². The van der Waals surface area contributed by atoms with E-state index in [0.717, 1.165) is 0 Å². The van der Waals surface area contributed by atoms with Gasteiger partial charge in [-0.25, -0.2) is 0 Å². The van der Waals surface area contributed by atoms with Crippen molar-refractivity contribution in [2.45, 2.75) is 52.4 Å². The zero-order valence-electron chi connectivity index (χ0n) is 10.8. The molecule has 17 heavy (non-hydrogen) atoms. The van der Waals surface area contributed by atoms with E-state index < -0.39 is 12.3 Å². The van der Waals surface area contributed by atoms with Crippen LogP contribution in [0.1, 0.15) is 34.6 Å². The van der Waals surface area contributed by atoms with Gasteiger partial charge in [0.25, 0.3) is 0 Å². The van der Waals surface area contributed by atoms with Crippen molar-refractivity contribution in [3.05, 3.63) is 0 Å². The van der Waals surface area contributed by atoms with Crippen LogP contribution in [0.3, 0.4) is 0 Å². The number of nitrogens with zero attached hydrogens (tertiary/aromatic N) is 2. The lowest BCUT2D eigenvalue weighted by Crippen LogP contribution is -2.52. The maximum atomic E-state index is 12.8. The van der Waals surface area contributed by atoms with Gasteiger partial charge in [-0.2, -0.15) is 18.3 Å². The molecule has 0 fully saturated rings. The summed E-state index contributed by atoms with van der Waals surface area (Å²) < 4.78 is 43.2. The van der Waals surface area contributed by atoms with Gasteiger partial charge in [-0.1, -0.05) is 13.8 Å². The monoisotopic (exact) mass is 252 g/mol. The average Bonchev–Trinajstić information content (AvgIpc) is 2.14. The second-order valence-corrected chi connectivity index (χ2v) is 5.47. The molecule has 0 aromatic carbocycles. The van der Waals surface area contributed by atoms with Gasteiger partial charge in [-0.3, -0.25) is 5.01 Å². The average molecular weight is 252 g/mol. The van der Waals surface area contributed by atoms with Crippen LogP contribution in [0.4, 0.5) is 13.2 Å². The van der Waals surface area contributed by atoms with E-state index in [9.17, 15) is 13.2 Å². The molecule has 6 heteroatoms. The highest BCUT2D eigenvalue weighted by Gasteiger charge is 2.47. The first kappa shape index (κ1) is 14.3. The Labute approximate surface area is 99.6 Å². The van der Waals surface area contributed by atoms with Gasteiger partial charge in [0.2, 0.25) is 0 Å². The van der Waals surface area contributed by atoms with Crippen LogP contribution < -0.4 is 0 Å². The van der Waals surface area contributed by atoms with E-state index in [4.69, 9.17) is 4.74 Å². The molecule has 0 aliphatic carbocycles. The van der Waals surface area contributed by atoms with E-state index in [2.05, 4.69) is 5.10 Å². The highest BCUT2D eigenvalue weighted by molar-refractivity contribution is 5.91. The third kappa shape index (κ3) is 3.34. The fourth-order valence-electron chi connectivity index (χ4n) is 1.48. The number of halogens is 3. The van der Waals surface area contributed by atoms with Crippen molar-refractivity contribution >= 4 is 5.71 Å². The van der Waals surface area contributed by atoms with E-state index in [0.29, 0.717) is 0 Å². The molecule has 100 valence electrons. The van der Waals surface area contributed by atoms with Crippen molar-refractivity contribution in [3.63, 3.8) is 0 Å². The summed E-state index contributed by atoms with van der Waals surface area (Å²) >= 11 is 0. The second-order valence-electron chi connectivity index (χ2n) is 5.47. The zero-order chi connectivity index (χ0) is 13.4. The van der Waals surface area contributed by atoms with Crippen molar-refractivity contribution in [1.29, 1.82) is 0 Å². The van der Waals surface area contributed by atoms with Gasteiger partial charge in [-0.05, 0) is 26.7 Å². The minimum Gasteiger partial charge on any atom is -0.341 e. The second kappa shape index (κ2) is 4.48. The Kier molecular flexibility index (Phi) is 3.76. The highest BCUT2D eigenvalue weighted by Crippen LogP contribution is 2.30. The molecule has 0 saturated carbocycles. The summed E-state index contributed by atoms with van der Waals surface area (Å²) in [5.74, 6) is -0.299. The van der Waals surface area contributed by atoms with Crippen LogP contribution >= 0.6 is 0 Å². The summed E-state index contributed by atoms with van der Waals surface area (Å²) in [6, 6.07) is 0. The zero-order valence-corrected chi connectivity index (χ0v) is 10.8. The summed E-state index contributed by atoms with van der Waals surface area (Å²) in [6.07, 6.45) is -6.27. The number of hydrogen-bond acceptors (Lipinski definition) is 3. The van der Waals surface area contributed by atoms with Crippen molar-refractivity contribution < 1.29 is 17.9 Å². The number of hydrazone groups is 1. The molecule has 1 aliphatic heterocycles. The molecule has 1 atom stereocenters. The summed E-state index contributed by atoms with van der Waals surface area (Å²) in [5.41, 5.74) is -0.310. The lowest BCUT2D eigenvalue weighted by Gasteiger charge is -2.40. The van der Waals surface area contributed by atoms with Gasteiger partial charge in [0.05, 0.1) is 11.3 Å². The van der Waals surface area contributed by atoms with Gasteiger partial charge in [-0.15, -0.1) is 0 Å². The Morgan fingerprint density at radius 2 is 1.82 bits per heavy atom. The third-order valence-electron chi connectivity index (χ3n) is 2.53. The van der Waals surface area contributed by atoms with E-state index >= 15 is 0 Å². The lowest BCUT2D eigenvalue weighted by molar-refractivity contribution is -0.218. The molecule has 1 unspecified atom stereocenters. The van der Waals surface area contributed by atoms with Crippen molar-refractivity contribution in [1.82, 2.24) is 5.01 Å². The molecular weight excluding hydrogens is 233 g/mol. The number of rotatable bonds is 1. The molecule has 0 amide bonds. The topological polar surface area (TPSA) is 24.8 Å². The van der Waals surface area contributed by atoms with Gasteiger partial charge < -0.3 is 4.74 Å². The third-order valence-corrected chi connectivity index (χ3v) is 2.53. The van der Waals surface area contributed by atoms with E-state index in [1.165, 1.54) is 0 Å². The maximum absolute atomic E-state index is 12.8. The molecule has 3 nitrogen and oxygen atoms in total. The molecule has 1 heterocycles. The van der Waals surface area contributed by atoms with Crippen molar-refractivity contribution in [3.8, 4) is 0 Å². The van der Waals surface area contributed by atoms with Crippen LogP contribution in [0, 0.1) is 5.92 Å². The first-order valence-corrected chi connectivity index (χ1v) is 5.58. The predicted octanol–water partition coefficient (Wildman–Crippen LogP) is 3.02. The maximum Gasteiger partial charge on any atom is 0.420 e. The van der Waals surface area contributed by atoms with Crippen LogP contribution in [-0.2, 0) is 4.74 Å². The summed E-state index contributed by atoms with van der Waals surface area (Å²) in [7, 11) is 0. The van der Waals surface area contributed by atoms with E-state index in [1.54, 1.807) is 18.9 Å². The molecule has 0 aromatic rings. The van der Waals surface area contributed by atoms with Crippen LogP contribution in [-0.4, -0.2) is 35.3 Å². The van der Waals surface area contributed by atoms with Gasteiger partial charge in [0, 0.05) is 0 Å². The fourth-order valence-corrected chi connectivity index (χ4v) is 1.48.